The minimum atomic E-state index is -0.476. The molecule has 0 radical (unpaired) electrons. The molecule has 4 aliphatic rings. The molecule has 4 saturated heterocycles. The zero-order valence-corrected chi connectivity index (χ0v) is 84.6. The summed E-state index contributed by atoms with van der Waals surface area (Å²) in [7, 11) is 0. The molecule has 0 saturated carbocycles. The number of aromatic nitrogens is 8. The van der Waals surface area contributed by atoms with E-state index in [1.165, 1.54) is 33.6 Å². The first-order valence-corrected chi connectivity index (χ1v) is 41.7. The number of carbonyl (C=O) groups excluding carboxylic acids is 2. The smallest absolute Gasteiger partial charge is 1.00 e. The van der Waals surface area contributed by atoms with Gasteiger partial charge in [-0.05, 0) is 150 Å². The summed E-state index contributed by atoms with van der Waals surface area (Å²) in [4.78, 5) is 67.9. The number of para-hydroxylation sites is 4. The second-order valence-corrected chi connectivity index (χ2v) is 37.3. The van der Waals surface area contributed by atoms with Gasteiger partial charge >= 0.3 is 93.1 Å². The number of amides is 2. The third kappa shape index (κ3) is 29.3. The van der Waals surface area contributed by atoms with Crippen molar-refractivity contribution in [1.29, 1.82) is 0 Å². The van der Waals surface area contributed by atoms with E-state index in [0.29, 0.717) is 13.1 Å². The Hall–Kier alpha value is -6.48. The van der Waals surface area contributed by atoms with E-state index in [4.69, 9.17) is 24.4 Å². The molecule has 10 N–H and O–H groups in total. The van der Waals surface area contributed by atoms with Gasteiger partial charge in [0, 0.05) is 133 Å². The van der Waals surface area contributed by atoms with E-state index in [0.717, 1.165) is 191 Å². The molecule has 12 aromatic rings. The van der Waals surface area contributed by atoms with Crippen LogP contribution in [0.3, 0.4) is 0 Å². The van der Waals surface area contributed by atoms with Gasteiger partial charge in [-0.3, -0.25) is 0 Å². The second-order valence-electron chi connectivity index (χ2n) is 36.5. The molecule has 8 heterocycles. The second kappa shape index (κ2) is 47.0. The minimum Gasteiger partial charge on any atom is -1.00 e. The molecule has 4 aromatic heterocycles. The van der Waals surface area contributed by atoms with Gasteiger partial charge in [0.2, 0.25) is 0 Å². The first-order chi connectivity index (χ1) is 54.5. The summed E-state index contributed by atoms with van der Waals surface area (Å²) >= 11 is 3.54. The Labute approximate surface area is 830 Å². The monoisotopic (exact) mass is 1910 g/mol. The van der Waals surface area contributed by atoms with Crippen LogP contribution in [0.15, 0.2) is 174 Å². The van der Waals surface area contributed by atoms with Crippen molar-refractivity contribution in [2.24, 2.45) is 0 Å². The molecule has 0 atom stereocenters. The molecule has 0 bridgehead atoms. The van der Waals surface area contributed by atoms with E-state index in [-0.39, 0.29) is 185 Å². The first kappa shape index (κ1) is 109. The number of hydrogen-bond donors (Lipinski definition) is 7. The summed E-state index contributed by atoms with van der Waals surface area (Å²) in [5.41, 5.74) is 21.5. The molecule has 0 aliphatic carbocycles. The summed E-state index contributed by atoms with van der Waals surface area (Å²) in [5.74, 6) is 3.67. The van der Waals surface area contributed by atoms with E-state index in [1.807, 2.05) is 59.7 Å². The van der Waals surface area contributed by atoms with Crippen LogP contribution in [0.4, 0.5) is 26.7 Å². The fourth-order valence-corrected chi connectivity index (χ4v) is 14.8. The van der Waals surface area contributed by atoms with Crippen molar-refractivity contribution in [3.8, 4) is 45.6 Å². The molecular formula is C96H137BrClIKN16NaO6. The van der Waals surface area contributed by atoms with E-state index in [9.17, 15) is 9.59 Å². The number of aromatic amines is 4. The predicted octanol–water partition coefficient (Wildman–Crippen LogP) is 15.3. The van der Waals surface area contributed by atoms with Gasteiger partial charge in [-0.15, -0.1) is 36.4 Å². The van der Waals surface area contributed by atoms with Crippen molar-refractivity contribution < 1.29 is 114 Å². The number of rotatable bonds is 7. The molecule has 660 valence electrons. The van der Waals surface area contributed by atoms with Gasteiger partial charge in [0.1, 0.15) is 56.6 Å². The van der Waals surface area contributed by atoms with Gasteiger partial charge in [-0.1, -0.05) is 219 Å². The number of hydrogen-bond acceptors (Lipinski definition) is 15. The van der Waals surface area contributed by atoms with Gasteiger partial charge < -0.3 is 82.2 Å². The molecule has 2 amide bonds. The molecule has 16 rings (SSSR count). The van der Waals surface area contributed by atoms with Crippen molar-refractivity contribution in [1.82, 2.24) is 65.6 Å². The van der Waals surface area contributed by atoms with E-state index in [1.54, 1.807) is 9.80 Å². The number of imidazole rings is 4. The van der Waals surface area contributed by atoms with Crippen molar-refractivity contribution in [3.63, 3.8) is 0 Å². The molecule has 22 nitrogen and oxygen atoms in total. The van der Waals surface area contributed by atoms with Crippen LogP contribution in [-0.4, -0.2) is 189 Å². The Morgan fingerprint density at radius 3 is 0.837 bits per heavy atom. The van der Waals surface area contributed by atoms with Crippen LogP contribution < -0.4 is 112 Å². The molecule has 0 unspecified atom stereocenters. The number of H-pyrrole nitrogens is 4. The normalized spacial score (nSPS) is 14.3. The van der Waals surface area contributed by atoms with Crippen LogP contribution >= 0.6 is 52.3 Å². The molecular weight excluding hydrogens is 1780 g/mol. The maximum atomic E-state index is 12.4. The van der Waals surface area contributed by atoms with Crippen LogP contribution in [0.25, 0.3) is 89.7 Å². The van der Waals surface area contributed by atoms with Crippen LogP contribution in [0.2, 0.25) is 0 Å². The van der Waals surface area contributed by atoms with Crippen molar-refractivity contribution in [2.45, 2.75) is 172 Å². The number of fused-ring (bicyclic) bond motifs is 4. The number of anilines is 3. The van der Waals surface area contributed by atoms with Crippen LogP contribution in [0, 0.1) is 0 Å². The van der Waals surface area contributed by atoms with Crippen molar-refractivity contribution in [2.75, 3.05) is 119 Å². The molecule has 4 aliphatic heterocycles. The van der Waals surface area contributed by atoms with Crippen molar-refractivity contribution in [3.05, 3.63) is 197 Å². The van der Waals surface area contributed by atoms with Crippen LogP contribution in [-0.2, 0) is 31.1 Å². The van der Waals surface area contributed by atoms with Gasteiger partial charge in [-0.2, -0.15) is 0 Å². The minimum absolute atomic E-state index is 0. The average Bonchev–Trinajstić information content (AvgIpc) is 1.65. The largest absolute Gasteiger partial charge is 1.00 e. The van der Waals surface area contributed by atoms with Gasteiger partial charge in [0.05, 0.1) is 39.1 Å². The Bertz CT molecular complexity index is 5120. The van der Waals surface area contributed by atoms with E-state index >= 15 is 0 Å². The number of piperazine rings is 4. The fourth-order valence-electron chi connectivity index (χ4n) is 14.3. The Kier molecular flexibility index (Phi) is 41.6. The molecule has 4 fully saturated rings. The summed E-state index contributed by atoms with van der Waals surface area (Å²) in [6.07, 6.45) is -0.440. The average molecular weight is 1920 g/mol. The maximum Gasteiger partial charge on any atom is 1.00 e. The zero-order valence-electron chi connectivity index (χ0n) is 75.8. The number of ether oxygens (including phenoxy) is 2. The van der Waals surface area contributed by atoms with Crippen molar-refractivity contribution >= 4 is 126 Å². The van der Waals surface area contributed by atoms with E-state index < -0.39 is 5.60 Å². The number of nitrogens with one attached hydrogen (secondary N) is 7. The van der Waals surface area contributed by atoms with Crippen LogP contribution in [0.1, 0.15) is 165 Å². The Balaban J connectivity index is 0.000000530. The van der Waals surface area contributed by atoms with Gasteiger partial charge in [-0.25, -0.2) is 29.5 Å². The van der Waals surface area contributed by atoms with Gasteiger partial charge in [0.25, 0.3) is 0 Å². The number of carbonyl (C=O) groups is 2. The standard InChI is InChI=1S/C26H34N4O2.2C21H26N4.C17H17BrN2.C9H18N2O2.2CH4.ClH.HI.K.Na.2H2O.H2.H/c1-25(2,3)19-12-10-18(11-13-19)23-27-20-8-7-9-21(22(20)28-23)29-14-16-30(17-15-29)24(31)32-26(4,5)6;2*1-21(2,3)16-9-7-15(8-10-16)20-23-17-5-4-6-18(19(17)24-20)25-13-11-22-12-14-25;1-17(2,3)12-9-7-11(8-10-12)16-19-14-6-4-5-13(18)15(14)20-16;1-9(2,3)13-8(12)11-6-4-10-5-7-11;;;;;;;;;;/h7-13H,14-17H2,1-6H3,(H,27,28);2*4-10,22H,11-14H2,1-3H3,(H,23,24);4-10H,1-3H3,(H,19,20);10H,4-7H2,1-3H3;2*1H4;2*1H;;;2*1H2;1H;/q;;;;;;;;;2*+1;;;;-1/p-1. The fraction of sp³-hybridized carbons (Fsp3) is 0.438. The Morgan fingerprint density at radius 1 is 0.358 bits per heavy atom. The third-order valence-electron chi connectivity index (χ3n) is 21.0. The molecule has 27 heteroatoms. The van der Waals surface area contributed by atoms with Crippen LogP contribution in [0.5, 0.6) is 0 Å². The molecule has 123 heavy (non-hydrogen) atoms. The Morgan fingerprint density at radius 2 is 0.585 bits per heavy atom. The summed E-state index contributed by atoms with van der Waals surface area (Å²) < 4.78 is 11.8. The molecule has 8 aromatic carbocycles. The number of nitrogens with zero attached hydrogens (tertiary/aromatic N) is 9. The molecule has 0 spiro atoms. The summed E-state index contributed by atoms with van der Waals surface area (Å²) in [6, 6.07) is 59.9. The quantitative estimate of drug-likeness (QED) is 0.0577. The number of benzene rings is 8. The SMILES string of the molecule is C.C.CC(C)(C)OC(=O)N1CCN(c2cccc3[nH]c(-c4ccc(C(C)(C)C)cc4)nc23)CC1.CC(C)(C)OC(=O)N1CCNCC1.CC(C)(C)c1ccc(-c2nc3c(Br)cccc3[nH]2)cc1.CC(C)(C)c1ccc(-c2nc3c(N4CCNCC4)cccc3[nH]2)cc1.CC(C)(C)c1ccc(-c2nc3c(N4CCNCC4)cccc3[nH]2)cc1.Cl.I.O.[H-].[HH].[K+].[Na+].[OH-]. The summed E-state index contributed by atoms with van der Waals surface area (Å²) in [5, 5.41) is 10.0. The zero-order chi connectivity index (χ0) is 82.2. The summed E-state index contributed by atoms with van der Waals surface area (Å²) in [6.45, 7) is 52.3. The predicted molar refractivity (Wildman–Crippen MR) is 524 cm³/mol. The van der Waals surface area contributed by atoms with E-state index in [2.05, 4.69) is 306 Å². The third-order valence-corrected chi connectivity index (χ3v) is 21.6. The van der Waals surface area contributed by atoms with Gasteiger partial charge in [0.15, 0.2) is 0 Å². The number of halogens is 3. The first-order valence-electron chi connectivity index (χ1n) is 40.9. The maximum absolute atomic E-state index is 12.4. The topological polar surface area (TPSA) is 281 Å².